The van der Waals surface area contributed by atoms with E-state index >= 15 is 0 Å². The molecule has 0 aliphatic heterocycles. The van der Waals surface area contributed by atoms with Crippen LogP contribution < -0.4 is 5.32 Å². The van der Waals surface area contributed by atoms with E-state index in [0.717, 1.165) is 11.3 Å². The van der Waals surface area contributed by atoms with Crippen molar-refractivity contribution in [2.75, 3.05) is 11.9 Å². The normalized spacial score (nSPS) is 12.1. The molecule has 0 amide bonds. The molecule has 104 valence electrons. The lowest BCUT2D eigenvalue weighted by Gasteiger charge is -2.19. The number of benzene rings is 1. The Balaban J connectivity index is 2.87. The summed E-state index contributed by atoms with van der Waals surface area (Å²) in [6.07, 6.45) is 0. The highest BCUT2D eigenvalue weighted by atomic mass is 16.5. The number of carbonyl (C=O) groups is 2. The summed E-state index contributed by atoms with van der Waals surface area (Å²) >= 11 is 0. The molecule has 0 bridgehead atoms. The van der Waals surface area contributed by atoms with Gasteiger partial charge in [0.1, 0.15) is 0 Å². The molecule has 0 spiro atoms. The van der Waals surface area contributed by atoms with E-state index in [1.54, 1.807) is 20.8 Å². The van der Waals surface area contributed by atoms with Crippen molar-refractivity contribution in [2.24, 2.45) is 5.92 Å². The van der Waals surface area contributed by atoms with E-state index < -0.39 is 12.0 Å². The Morgan fingerprint density at radius 1 is 1.21 bits per heavy atom. The summed E-state index contributed by atoms with van der Waals surface area (Å²) in [5, 5.41) is 2.95. The van der Waals surface area contributed by atoms with E-state index in [-0.39, 0.29) is 18.3 Å². The summed E-state index contributed by atoms with van der Waals surface area (Å²) in [5.41, 5.74) is 1.85. The molecule has 0 aliphatic rings. The van der Waals surface area contributed by atoms with Crippen molar-refractivity contribution >= 4 is 17.4 Å². The van der Waals surface area contributed by atoms with Gasteiger partial charge in [0, 0.05) is 11.6 Å². The zero-order valence-electron chi connectivity index (χ0n) is 11.9. The van der Waals surface area contributed by atoms with Crippen LogP contribution in [0.25, 0.3) is 0 Å². The van der Waals surface area contributed by atoms with E-state index in [9.17, 15) is 9.59 Å². The molecule has 1 rings (SSSR count). The molecule has 0 aliphatic carbocycles. The van der Waals surface area contributed by atoms with Crippen molar-refractivity contribution in [3.63, 3.8) is 0 Å². The second-order valence-corrected chi connectivity index (χ2v) is 4.75. The van der Waals surface area contributed by atoms with Crippen LogP contribution in [0.4, 0.5) is 5.69 Å². The molecule has 0 aromatic heterocycles. The Morgan fingerprint density at radius 3 is 2.26 bits per heavy atom. The average molecular weight is 263 g/mol. The first-order valence-corrected chi connectivity index (χ1v) is 6.49. The van der Waals surface area contributed by atoms with Gasteiger partial charge >= 0.3 is 5.97 Å². The molecule has 1 aromatic rings. The van der Waals surface area contributed by atoms with Gasteiger partial charge in [-0.3, -0.25) is 4.79 Å². The molecule has 19 heavy (non-hydrogen) atoms. The van der Waals surface area contributed by atoms with E-state index in [0.29, 0.717) is 0 Å². The Hall–Kier alpha value is -1.84. The molecule has 1 unspecified atom stereocenters. The van der Waals surface area contributed by atoms with Gasteiger partial charge in [-0.05, 0) is 26.0 Å². The highest BCUT2D eigenvalue weighted by molar-refractivity contribution is 6.06. The van der Waals surface area contributed by atoms with Gasteiger partial charge in [0.2, 0.25) is 0 Å². The van der Waals surface area contributed by atoms with Gasteiger partial charge < -0.3 is 10.1 Å². The molecule has 1 N–H and O–H groups in total. The molecule has 1 atom stereocenters. The van der Waals surface area contributed by atoms with Gasteiger partial charge in [0.15, 0.2) is 11.8 Å². The Morgan fingerprint density at radius 2 is 1.79 bits per heavy atom. The number of aryl methyl sites for hydroxylation is 1. The third-order valence-corrected chi connectivity index (χ3v) is 2.74. The fourth-order valence-corrected chi connectivity index (χ4v) is 1.62. The molecule has 0 radical (unpaired) electrons. The lowest BCUT2D eigenvalue weighted by Crippen LogP contribution is -2.41. The summed E-state index contributed by atoms with van der Waals surface area (Å²) in [5.74, 6) is -0.923. The summed E-state index contributed by atoms with van der Waals surface area (Å²) < 4.78 is 4.95. The third-order valence-electron chi connectivity index (χ3n) is 2.74. The fourth-order valence-electron chi connectivity index (χ4n) is 1.62. The number of hydrogen-bond acceptors (Lipinski definition) is 4. The van der Waals surface area contributed by atoms with E-state index in [4.69, 9.17) is 4.74 Å². The van der Waals surface area contributed by atoms with E-state index in [2.05, 4.69) is 5.32 Å². The minimum Gasteiger partial charge on any atom is -0.464 e. The van der Waals surface area contributed by atoms with Crippen LogP contribution in [0.15, 0.2) is 24.3 Å². The van der Waals surface area contributed by atoms with Crippen LogP contribution >= 0.6 is 0 Å². The van der Waals surface area contributed by atoms with Gasteiger partial charge in [-0.15, -0.1) is 0 Å². The number of ether oxygens (including phenoxy) is 1. The maximum atomic E-state index is 12.1. The number of hydrogen-bond donors (Lipinski definition) is 1. The minimum atomic E-state index is -0.942. The first kappa shape index (κ1) is 15.2. The molecule has 0 fully saturated rings. The van der Waals surface area contributed by atoms with Crippen LogP contribution in [0, 0.1) is 12.8 Å². The van der Waals surface area contributed by atoms with Crippen LogP contribution in [-0.2, 0) is 14.3 Å². The number of Topliss-reactive ketones (excluding diaryl/α,β-unsaturated/α-hetero) is 1. The Labute approximate surface area is 114 Å². The zero-order valence-corrected chi connectivity index (χ0v) is 11.9. The summed E-state index contributed by atoms with van der Waals surface area (Å²) in [6, 6.07) is 6.58. The number of nitrogens with one attached hydrogen (secondary N) is 1. The minimum absolute atomic E-state index is 0.168. The highest BCUT2D eigenvalue weighted by Gasteiger charge is 2.29. The van der Waals surface area contributed by atoms with Gasteiger partial charge in [-0.1, -0.05) is 31.5 Å². The quantitative estimate of drug-likeness (QED) is 0.633. The standard InChI is InChI=1S/C15H21NO3/c1-5-19-15(18)13(14(17)10(2)3)16-12-8-6-11(4)7-9-12/h6-10,13,16H,5H2,1-4H3. The monoisotopic (exact) mass is 263 g/mol. The first-order valence-electron chi connectivity index (χ1n) is 6.49. The Bertz CT molecular complexity index is 437. The number of esters is 1. The van der Waals surface area contributed by atoms with Crippen LogP contribution in [0.5, 0.6) is 0 Å². The van der Waals surface area contributed by atoms with Crippen LogP contribution in [0.2, 0.25) is 0 Å². The SMILES string of the molecule is CCOC(=O)C(Nc1ccc(C)cc1)C(=O)C(C)C. The summed E-state index contributed by atoms with van der Waals surface area (Å²) in [6.45, 7) is 7.50. The molecule has 1 aromatic carbocycles. The molecule has 0 saturated heterocycles. The van der Waals surface area contributed by atoms with Gasteiger partial charge in [0.05, 0.1) is 6.61 Å². The number of carbonyl (C=O) groups excluding carboxylic acids is 2. The third kappa shape index (κ3) is 4.39. The second-order valence-electron chi connectivity index (χ2n) is 4.75. The smallest absolute Gasteiger partial charge is 0.336 e. The van der Waals surface area contributed by atoms with Gasteiger partial charge in [-0.2, -0.15) is 0 Å². The second kappa shape index (κ2) is 6.92. The maximum Gasteiger partial charge on any atom is 0.336 e. The van der Waals surface area contributed by atoms with Crippen LogP contribution in [-0.4, -0.2) is 24.4 Å². The number of ketones is 1. The van der Waals surface area contributed by atoms with Crippen molar-refractivity contribution in [2.45, 2.75) is 33.7 Å². The fraction of sp³-hybridized carbons (Fsp3) is 0.467. The molecule has 4 nitrogen and oxygen atoms in total. The van der Waals surface area contributed by atoms with Crippen molar-refractivity contribution < 1.29 is 14.3 Å². The van der Waals surface area contributed by atoms with E-state index in [1.807, 2.05) is 31.2 Å². The number of rotatable bonds is 6. The predicted octanol–water partition coefficient (Wildman–Crippen LogP) is 2.56. The van der Waals surface area contributed by atoms with Gasteiger partial charge in [-0.25, -0.2) is 4.79 Å². The Kier molecular flexibility index (Phi) is 5.55. The topological polar surface area (TPSA) is 55.4 Å². The van der Waals surface area contributed by atoms with Crippen molar-refractivity contribution in [3.05, 3.63) is 29.8 Å². The first-order chi connectivity index (χ1) is 8.95. The van der Waals surface area contributed by atoms with E-state index in [1.165, 1.54) is 0 Å². The van der Waals surface area contributed by atoms with Crippen molar-refractivity contribution in [3.8, 4) is 0 Å². The number of anilines is 1. The summed E-state index contributed by atoms with van der Waals surface area (Å²) in [7, 11) is 0. The average Bonchev–Trinajstić information content (AvgIpc) is 2.37. The summed E-state index contributed by atoms with van der Waals surface area (Å²) in [4.78, 5) is 23.9. The van der Waals surface area contributed by atoms with Gasteiger partial charge in [0.25, 0.3) is 0 Å². The molecular formula is C15H21NO3. The van der Waals surface area contributed by atoms with Crippen molar-refractivity contribution in [1.82, 2.24) is 0 Å². The highest BCUT2D eigenvalue weighted by Crippen LogP contribution is 2.13. The molecular weight excluding hydrogens is 242 g/mol. The lowest BCUT2D eigenvalue weighted by atomic mass is 10.0. The largest absolute Gasteiger partial charge is 0.464 e. The maximum absolute atomic E-state index is 12.1. The van der Waals surface area contributed by atoms with Crippen LogP contribution in [0.3, 0.4) is 0 Å². The molecule has 4 heteroatoms. The molecule has 0 saturated carbocycles. The van der Waals surface area contributed by atoms with Crippen molar-refractivity contribution in [1.29, 1.82) is 0 Å². The molecule has 0 heterocycles. The predicted molar refractivity (Wildman–Crippen MR) is 75.1 cm³/mol. The lowest BCUT2D eigenvalue weighted by molar-refractivity contribution is -0.147. The van der Waals surface area contributed by atoms with Crippen LogP contribution in [0.1, 0.15) is 26.3 Å². The zero-order chi connectivity index (χ0) is 14.4.